The van der Waals surface area contributed by atoms with Gasteiger partial charge in [-0.2, -0.15) is 0 Å². The first-order valence-corrected chi connectivity index (χ1v) is 6.97. The van der Waals surface area contributed by atoms with Crippen molar-refractivity contribution in [3.8, 4) is 0 Å². The summed E-state index contributed by atoms with van der Waals surface area (Å²) in [5, 5.41) is 3.29. The van der Waals surface area contributed by atoms with Gasteiger partial charge in [-0.25, -0.2) is 4.79 Å². The summed E-state index contributed by atoms with van der Waals surface area (Å²) in [6, 6.07) is 6.35. The molecule has 1 saturated carbocycles. The molecule has 0 amide bonds. The van der Waals surface area contributed by atoms with Crippen LogP contribution >= 0.6 is 0 Å². The maximum atomic E-state index is 11.8. The summed E-state index contributed by atoms with van der Waals surface area (Å²) in [4.78, 5) is 14.1. The summed E-state index contributed by atoms with van der Waals surface area (Å²) < 4.78 is 4.79. The highest BCUT2D eigenvalue weighted by atomic mass is 16.5. The zero-order valence-corrected chi connectivity index (χ0v) is 12.3. The van der Waals surface area contributed by atoms with Crippen molar-refractivity contribution in [1.29, 1.82) is 0 Å². The topological polar surface area (TPSA) is 67.6 Å². The van der Waals surface area contributed by atoms with Crippen molar-refractivity contribution in [3.05, 3.63) is 23.8 Å². The number of carbonyl (C=O) groups excluding carboxylic acids is 1. The lowest BCUT2D eigenvalue weighted by Crippen LogP contribution is -2.36. The molecule has 0 saturated heterocycles. The van der Waals surface area contributed by atoms with Crippen molar-refractivity contribution in [2.75, 3.05) is 31.8 Å². The van der Waals surface area contributed by atoms with Crippen LogP contribution in [0.15, 0.2) is 18.2 Å². The lowest BCUT2D eigenvalue weighted by molar-refractivity contribution is 0.0602. The van der Waals surface area contributed by atoms with Crippen LogP contribution in [0.3, 0.4) is 0 Å². The van der Waals surface area contributed by atoms with Gasteiger partial charge in [-0.15, -0.1) is 0 Å². The van der Waals surface area contributed by atoms with E-state index in [9.17, 15) is 4.79 Å². The largest absolute Gasteiger partial charge is 0.465 e. The molecule has 0 bridgehead atoms. The number of hydrogen-bond acceptors (Lipinski definition) is 5. The van der Waals surface area contributed by atoms with Crippen LogP contribution in [-0.2, 0) is 4.74 Å². The fourth-order valence-corrected chi connectivity index (χ4v) is 2.28. The molecular weight excluding hydrogens is 254 g/mol. The molecule has 20 heavy (non-hydrogen) atoms. The predicted octanol–water partition coefficient (Wildman–Crippen LogP) is 1.95. The third-order valence-electron chi connectivity index (χ3n) is 3.89. The Balaban J connectivity index is 2.06. The highest BCUT2D eigenvalue weighted by molar-refractivity contribution is 5.98. The van der Waals surface area contributed by atoms with Gasteiger partial charge in [0.2, 0.25) is 0 Å². The normalized spacial score (nSPS) is 16.0. The van der Waals surface area contributed by atoms with Gasteiger partial charge in [0.05, 0.1) is 24.0 Å². The van der Waals surface area contributed by atoms with Gasteiger partial charge in [0, 0.05) is 18.6 Å². The van der Waals surface area contributed by atoms with E-state index in [-0.39, 0.29) is 5.97 Å². The van der Waals surface area contributed by atoms with E-state index in [1.54, 1.807) is 18.2 Å². The first kappa shape index (κ1) is 14.7. The number of nitrogens with two attached hydrogens (primary N) is 1. The molecule has 1 atom stereocenters. The third kappa shape index (κ3) is 3.22. The van der Waals surface area contributed by atoms with E-state index < -0.39 is 0 Å². The molecule has 1 aliphatic carbocycles. The maximum absolute atomic E-state index is 11.8. The summed E-state index contributed by atoms with van der Waals surface area (Å²) in [6.45, 7) is 2.91. The van der Waals surface area contributed by atoms with Crippen molar-refractivity contribution >= 4 is 17.3 Å². The Hall–Kier alpha value is -1.75. The quantitative estimate of drug-likeness (QED) is 0.614. The van der Waals surface area contributed by atoms with E-state index in [0.29, 0.717) is 29.0 Å². The van der Waals surface area contributed by atoms with Crippen molar-refractivity contribution in [3.63, 3.8) is 0 Å². The molecule has 0 spiro atoms. The molecule has 1 aromatic rings. The van der Waals surface area contributed by atoms with E-state index in [0.717, 1.165) is 6.54 Å². The molecule has 110 valence electrons. The molecular formula is C15H23N3O2. The van der Waals surface area contributed by atoms with Crippen molar-refractivity contribution in [2.24, 2.45) is 0 Å². The second-order valence-corrected chi connectivity index (χ2v) is 5.39. The Labute approximate surface area is 120 Å². The van der Waals surface area contributed by atoms with Gasteiger partial charge in [-0.05, 0) is 38.9 Å². The second kappa shape index (κ2) is 6.13. The van der Waals surface area contributed by atoms with Crippen LogP contribution in [0.2, 0.25) is 0 Å². The van der Waals surface area contributed by atoms with E-state index in [1.807, 2.05) is 0 Å². The predicted molar refractivity (Wildman–Crippen MR) is 80.9 cm³/mol. The second-order valence-electron chi connectivity index (χ2n) is 5.39. The highest BCUT2D eigenvalue weighted by Gasteiger charge is 2.29. The third-order valence-corrected chi connectivity index (χ3v) is 3.89. The fourth-order valence-electron chi connectivity index (χ4n) is 2.28. The number of methoxy groups -OCH3 is 1. The van der Waals surface area contributed by atoms with Gasteiger partial charge < -0.3 is 15.8 Å². The van der Waals surface area contributed by atoms with Crippen LogP contribution in [-0.4, -0.2) is 43.7 Å². The van der Waals surface area contributed by atoms with Gasteiger partial charge in [0.15, 0.2) is 0 Å². The van der Waals surface area contributed by atoms with E-state index in [4.69, 9.17) is 10.5 Å². The molecule has 0 radical (unpaired) electrons. The average Bonchev–Trinajstić information content (AvgIpc) is 3.28. The summed E-state index contributed by atoms with van der Waals surface area (Å²) in [7, 11) is 3.51. The van der Waals surface area contributed by atoms with Gasteiger partial charge in [0.25, 0.3) is 0 Å². The number of likely N-dealkylation sites (N-methyl/N-ethyl adjacent to an activating group) is 1. The summed E-state index contributed by atoms with van der Waals surface area (Å²) in [5.41, 5.74) is 7.67. The first-order chi connectivity index (χ1) is 9.54. The minimum absolute atomic E-state index is 0.372. The van der Waals surface area contributed by atoms with Crippen LogP contribution in [0, 0.1) is 0 Å². The Kier molecular flexibility index (Phi) is 4.49. The van der Waals surface area contributed by atoms with E-state index in [1.165, 1.54) is 20.0 Å². The number of ether oxygens (including phenoxy) is 1. The number of nitrogens with one attached hydrogen (secondary N) is 1. The molecule has 1 fully saturated rings. The number of para-hydroxylation sites is 1. The standard InChI is InChI=1S/C15H23N3O2/c1-10(18(2)11-7-8-11)9-17-14-12(15(19)20-3)5-4-6-13(14)16/h4-6,10-11,17H,7-9,16H2,1-3H3. The highest BCUT2D eigenvalue weighted by Crippen LogP contribution is 2.28. The van der Waals surface area contributed by atoms with E-state index >= 15 is 0 Å². The number of carbonyl (C=O) groups is 1. The van der Waals surface area contributed by atoms with E-state index in [2.05, 4.69) is 24.2 Å². The molecule has 0 aromatic heterocycles. The Morgan fingerprint density at radius 2 is 2.25 bits per heavy atom. The van der Waals surface area contributed by atoms with Crippen molar-refractivity contribution in [2.45, 2.75) is 31.8 Å². The number of rotatable bonds is 6. The number of benzene rings is 1. The minimum atomic E-state index is -0.372. The summed E-state index contributed by atoms with van der Waals surface area (Å²) in [5.74, 6) is -0.372. The first-order valence-electron chi connectivity index (χ1n) is 6.97. The average molecular weight is 277 g/mol. The molecule has 2 rings (SSSR count). The minimum Gasteiger partial charge on any atom is -0.465 e. The molecule has 1 unspecified atom stereocenters. The van der Waals surface area contributed by atoms with Crippen LogP contribution in [0.25, 0.3) is 0 Å². The number of anilines is 2. The summed E-state index contributed by atoms with van der Waals surface area (Å²) >= 11 is 0. The number of nitrogen functional groups attached to an aromatic ring is 1. The lowest BCUT2D eigenvalue weighted by Gasteiger charge is -2.25. The van der Waals surface area contributed by atoms with Gasteiger partial charge >= 0.3 is 5.97 Å². The monoisotopic (exact) mass is 277 g/mol. The molecule has 0 aliphatic heterocycles. The van der Waals surface area contributed by atoms with Crippen molar-refractivity contribution in [1.82, 2.24) is 4.90 Å². The molecule has 5 heteroatoms. The molecule has 5 nitrogen and oxygen atoms in total. The fraction of sp³-hybridized carbons (Fsp3) is 0.533. The van der Waals surface area contributed by atoms with Crippen molar-refractivity contribution < 1.29 is 9.53 Å². The Morgan fingerprint density at radius 1 is 1.55 bits per heavy atom. The van der Waals surface area contributed by atoms with Crippen LogP contribution < -0.4 is 11.1 Å². The smallest absolute Gasteiger partial charge is 0.340 e. The lowest BCUT2D eigenvalue weighted by atomic mass is 10.1. The molecule has 1 aromatic carbocycles. The number of nitrogens with zero attached hydrogens (tertiary/aromatic N) is 1. The maximum Gasteiger partial charge on any atom is 0.340 e. The van der Waals surface area contributed by atoms with Crippen LogP contribution in [0.1, 0.15) is 30.1 Å². The molecule has 0 heterocycles. The van der Waals surface area contributed by atoms with Gasteiger partial charge in [-0.3, -0.25) is 4.90 Å². The molecule has 3 N–H and O–H groups in total. The Bertz CT molecular complexity index is 486. The number of hydrogen-bond donors (Lipinski definition) is 2. The zero-order valence-electron chi connectivity index (χ0n) is 12.3. The Morgan fingerprint density at radius 3 is 2.85 bits per heavy atom. The van der Waals surface area contributed by atoms with Gasteiger partial charge in [-0.1, -0.05) is 6.07 Å². The zero-order chi connectivity index (χ0) is 14.7. The van der Waals surface area contributed by atoms with Crippen LogP contribution in [0.5, 0.6) is 0 Å². The van der Waals surface area contributed by atoms with Crippen LogP contribution in [0.4, 0.5) is 11.4 Å². The SMILES string of the molecule is COC(=O)c1cccc(N)c1NCC(C)N(C)C1CC1. The number of esters is 1. The van der Waals surface area contributed by atoms with Gasteiger partial charge in [0.1, 0.15) is 0 Å². The molecule has 1 aliphatic rings. The summed E-state index contributed by atoms with van der Waals surface area (Å²) in [6.07, 6.45) is 2.56.